The number of amides is 2. The lowest BCUT2D eigenvalue weighted by Gasteiger charge is -2.44. The highest BCUT2D eigenvalue weighted by atomic mass is 16.2. The maximum Gasteiger partial charge on any atom is 0.261 e. The summed E-state index contributed by atoms with van der Waals surface area (Å²) < 4.78 is 0. The predicted molar refractivity (Wildman–Crippen MR) is 83.8 cm³/mol. The third-order valence-electron chi connectivity index (χ3n) is 4.33. The monoisotopic (exact) mass is 293 g/mol. The van der Waals surface area contributed by atoms with Gasteiger partial charge in [-0.25, -0.2) is 0 Å². The van der Waals surface area contributed by atoms with E-state index >= 15 is 0 Å². The van der Waals surface area contributed by atoms with Gasteiger partial charge in [-0.15, -0.1) is 0 Å². The topological polar surface area (TPSA) is 66.6 Å². The molecule has 2 amide bonds. The van der Waals surface area contributed by atoms with Gasteiger partial charge >= 0.3 is 0 Å². The van der Waals surface area contributed by atoms with Gasteiger partial charge in [0.15, 0.2) is 0 Å². The molecule has 5 heteroatoms. The molecule has 22 heavy (non-hydrogen) atoms. The zero-order valence-electron chi connectivity index (χ0n) is 11.9. The third kappa shape index (κ3) is 1.72. The van der Waals surface area contributed by atoms with E-state index in [0.29, 0.717) is 29.9 Å². The van der Waals surface area contributed by atoms with E-state index in [0.717, 1.165) is 5.69 Å². The van der Waals surface area contributed by atoms with E-state index in [1.807, 2.05) is 24.3 Å². The molecule has 2 N–H and O–H groups in total. The fraction of sp³-hybridized carbons (Fsp3) is 0.176. The van der Waals surface area contributed by atoms with Crippen molar-refractivity contribution in [1.82, 2.24) is 4.90 Å². The number of anilines is 2. The lowest BCUT2D eigenvalue weighted by molar-refractivity contribution is 0.0558. The fourth-order valence-corrected chi connectivity index (χ4v) is 3.13. The molecule has 2 heterocycles. The minimum atomic E-state index is -0.189. The van der Waals surface area contributed by atoms with Gasteiger partial charge in [0, 0.05) is 13.1 Å². The van der Waals surface area contributed by atoms with Crippen LogP contribution < -0.4 is 10.6 Å². The van der Waals surface area contributed by atoms with Crippen molar-refractivity contribution in [2.45, 2.75) is 6.04 Å². The molecule has 1 saturated heterocycles. The van der Waals surface area contributed by atoms with E-state index in [4.69, 9.17) is 5.73 Å². The van der Waals surface area contributed by atoms with Crippen LogP contribution in [0.4, 0.5) is 11.4 Å². The van der Waals surface area contributed by atoms with E-state index in [2.05, 4.69) is 4.90 Å². The fourth-order valence-electron chi connectivity index (χ4n) is 3.13. The van der Waals surface area contributed by atoms with Gasteiger partial charge in [-0.05, 0) is 24.3 Å². The minimum absolute atomic E-state index is 0.0907. The first kappa shape index (κ1) is 12.9. The summed E-state index contributed by atoms with van der Waals surface area (Å²) >= 11 is 0. The number of nitrogen functional groups attached to an aromatic ring is 1. The number of hydrogen-bond donors (Lipinski definition) is 1. The number of nitrogens with two attached hydrogens (primary N) is 1. The number of hydrogen-bond acceptors (Lipinski definition) is 4. The molecule has 2 aromatic carbocycles. The van der Waals surface area contributed by atoms with Crippen LogP contribution in [-0.4, -0.2) is 35.8 Å². The number of carbonyl (C=O) groups excluding carboxylic acids is 2. The number of benzene rings is 2. The van der Waals surface area contributed by atoms with Crippen LogP contribution in [0.25, 0.3) is 0 Å². The van der Waals surface area contributed by atoms with Crippen molar-refractivity contribution >= 4 is 23.2 Å². The van der Waals surface area contributed by atoms with Crippen LogP contribution in [0.1, 0.15) is 20.7 Å². The number of carbonyl (C=O) groups is 2. The molecule has 0 spiro atoms. The molecule has 110 valence electrons. The number of fused-ring (bicyclic) bond motifs is 1. The molecule has 2 aromatic rings. The number of nitrogens with zero attached hydrogens (tertiary/aromatic N) is 2. The number of imide groups is 1. The first-order valence-corrected chi connectivity index (χ1v) is 7.23. The van der Waals surface area contributed by atoms with E-state index in [1.165, 1.54) is 4.90 Å². The Kier molecular flexibility index (Phi) is 2.69. The first-order valence-electron chi connectivity index (χ1n) is 7.23. The first-order chi connectivity index (χ1) is 10.7. The van der Waals surface area contributed by atoms with Crippen LogP contribution in [0, 0.1) is 0 Å². The van der Waals surface area contributed by atoms with Gasteiger partial charge in [0.25, 0.3) is 11.8 Å². The van der Waals surface area contributed by atoms with E-state index in [9.17, 15) is 9.59 Å². The SMILES string of the molecule is Nc1ccccc1N1CC(N2C(=O)c3ccccc3C2=O)C1. The van der Waals surface area contributed by atoms with Crippen LogP contribution in [0.2, 0.25) is 0 Å². The van der Waals surface area contributed by atoms with E-state index in [-0.39, 0.29) is 17.9 Å². The molecule has 1 fully saturated rings. The van der Waals surface area contributed by atoms with Gasteiger partial charge in [0.05, 0.1) is 28.5 Å². The summed E-state index contributed by atoms with van der Waals surface area (Å²) in [5.41, 5.74) is 8.64. The maximum absolute atomic E-state index is 12.4. The summed E-state index contributed by atoms with van der Waals surface area (Å²) in [5, 5.41) is 0. The number of para-hydroxylation sites is 2. The van der Waals surface area contributed by atoms with Gasteiger partial charge in [0.2, 0.25) is 0 Å². The van der Waals surface area contributed by atoms with Crippen molar-refractivity contribution in [3.05, 3.63) is 59.7 Å². The molecular weight excluding hydrogens is 278 g/mol. The molecule has 0 aliphatic carbocycles. The van der Waals surface area contributed by atoms with Crippen molar-refractivity contribution in [3.63, 3.8) is 0 Å². The van der Waals surface area contributed by atoms with Crippen molar-refractivity contribution in [3.8, 4) is 0 Å². The Morgan fingerprint density at radius 2 is 1.41 bits per heavy atom. The second kappa shape index (κ2) is 4.59. The standard InChI is InChI=1S/C17H15N3O2/c18-14-7-3-4-8-15(14)19-9-11(10-19)20-16(21)12-5-1-2-6-13(12)17(20)22/h1-8,11H,9-10,18H2. The lowest BCUT2D eigenvalue weighted by Crippen LogP contribution is -2.61. The Labute approximate surface area is 127 Å². The Balaban J connectivity index is 1.54. The van der Waals surface area contributed by atoms with Crippen molar-refractivity contribution < 1.29 is 9.59 Å². The third-order valence-corrected chi connectivity index (χ3v) is 4.33. The summed E-state index contributed by atoms with van der Waals surface area (Å²) in [6.45, 7) is 1.25. The number of rotatable bonds is 2. The molecule has 0 radical (unpaired) electrons. The molecule has 2 aliphatic rings. The summed E-state index contributed by atoms with van der Waals surface area (Å²) in [7, 11) is 0. The molecule has 0 saturated carbocycles. The summed E-state index contributed by atoms with van der Waals surface area (Å²) in [4.78, 5) is 28.3. The second-order valence-corrected chi connectivity index (χ2v) is 5.64. The normalized spacial score (nSPS) is 17.6. The average Bonchev–Trinajstić information content (AvgIpc) is 2.73. The Morgan fingerprint density at radius 1 is 0.864 bits per heavy atom. The average molecular weight is 293 g/mol. The van der Waals surface area contributed by atoms with Crippen LogP contribution in [0.15, 0.2) is 48.5 Å². The molecule has 0 unspecified atom stereocenters. The zero-order chi connectivity index (χ0) is 15.3. The van der Waals surface area contributed by atoms with Crippen molar-refractivity contribution in [1.29, 1.82) is 0 Å². The second-order valence-electron chi connectivity index (χ2n) is 5.64. The maximum atomic E-state index is 12.4. The van der Waals surface area contributed by atoms with Crippen molar-refractivity contribution in [2.75, 3.05) is 23.7 Å². The predicted octanol–water partition coefficient (Wildman–Crippen LogP) is 1.75. The Hall–Kier alpha value is -2.82. The minimum Gasteiger partial charge on any atom is -0.397 e. The van der Waals surface area contributed by atoms with E-state index < -0.39 is 0 Å². The lowest BCUT2D eigenvalue weighted by atomic mass is 10.1. The molecule has 2 aliphatic heterocycles. The molecule has 5 nitrogen and oxygen atoms in total. The molecule has 0 bridgehead atoms. The molecular formula is C17H15N3O2. The molecule has 0 atom stereocenters. The van der Waals surface area contributed by atoms with Crippen molar-refractivity contribution in [2.24, 2.45) is 0 Å². The molecule has 4 rings (SSSR count). The van der Waals surface area contributed by atoms with Gasteiger partial charge < -0.3 is 10.6 Å². The summed E-state index contributed by atoms with van der Waals surface area (Å²) in [6.07, 6.45) is 0. The van der Waals surface area contributed by atoms with Crippen LogP contribution in [-0.2, 0) is 0 Å². The highest BCUT2D eigenvalue weighted by Crippen LogP contribution is 2.32. The summed E-state index contributed by atoms with van der Waals surface area (Å²) in [6, 6.07) is 14.5. The van der Waals surface area contributed by atoms with Crippen LogP contribution >= 0.6 is 0 Å². The molecule has 0 aromatic heterocycles. The largest absolute Gasteiger partial charge is 0.397 e. The van der Waals surface area contributed by atoms with Gasteiger partial charge in [-0.3, -0.25) is 14.5 Å². The smallest absolute Gasteiger partial charge is 0.261 e. The summed E-state index contributed by atoms with van der Waals surface area (Å²) in [5.74, 6) is -0.377. The Morgan fingerprint density at radius 3 is 2.00 bits per heavy atom. The Bertz CT molecular complexity index is 746. The van der Waals surface area contributed by atoms with Crippen LogP contribution in [0.5, 0.6) is 0 Å². The highest BCUT2D eigenvalue weighted by Gasteiger charge is 2.44. The van der Waals surface area contributed by atoms with Gasteiger partial charge in [0.1, 0.15) is 0 Å². The van der Waals surface area contributed by atoms with Gasteiger partial charge in [-0.2, -0.15) is 0 Å². The highest BCUT2D eigenvalue weighted by molar-refractivity contribution is 6.21. The zero-order valence-corrected chi connectivity index (χ0v) is 11.9. The quantitative estimate of drug-likeness (QED) is 0.676. The van der Waals surface area contributed by atoms with Crippen LogP contribution in [0.3, 0.4) is 0 Å². The van der Waals surface area contributed by atoms with E-state index in [1.54, 1.807) is 24.3 Å². The van der Waals surface area contributed by atoms with Gasteiger partial charge in [-0.1, -0.05) is 24.3 Å².